The summed E-state index contributed by atoms with van der Waals surface area (Å²) in [4.78, 5) is 11.4. The van der Waals surface area contributed by atoms with Gasteiger partial charge in [-0.1, -0.05) is 6.42 Å². The van der Waals surface area contributed by atoms with E-state index in [4.69, 9.17) is 15.2 Å². The fraction of sp³-hybridized carbons (Fsp3) is 0.923. The van der Waals surface area contributed by atoms with Gasteiger partial charge in [0.05, 0.1) is 13.2 Å². The van der Waals surface area contributed by atoms with E-state index in [9.17, 15) is 4.79 Å². The lowest BCUT2D eigenvalue weighted by Crippen LogP contribution is -2.24. The number of unbranched alkanes of at least 4 members (excludes halogenated alkanes) is 3. The SMILES string of the molecule is COCCOCCCCNC(=O)CCCCCN. The number of ether oxygens (including phenoxy) is 2. The molecular formula is C13H28N2O3. The highest BCUT2D eigenvalue weighted by molar-refractivity contribution is 5.75. The van der Waals surface area contributed by atoms with Crippen LogP contribution in [0.1, 0.15) is 38.5 Å². The zero-order valence-electron chi connectivity index (χ0n) is 11.6. The number of hydrogen-bond acceptors (Lipinski definition) is 4. The molecule has 0 fully saturated rings. The van der Waals surface area contributed by atoms with Gasteiger partial charge in [-0.3, -0.25) is 4.79 Å². The van der Waals surface area contributed by atoms with Gasteiger partial charge < -0.3 is 20.5 Å². The summed E-state index contributed by atoms with van der Waals surface area (Å²) in [6.07, 6.45) is 5.52. The largest absolute Gasteiger partial charge is 0.382 e. The van der Waals surface area contributed by atoms with Gasteiger partial charge in [0.2, 0.25) is 5.91 Å². The van der Waals surface area contributed by atoms with E-state index < -0.39 is 0 Å². The molecule has 5 nitrogen and oxygen atoms in total. The maximum Gasteiger partial charge on any atom is 0.219 e. The number of nitrogens with one attached hydrogen (secondary N) is 1. The molecule has 0 aromatic carbocycles. The Morgan fingerprint density at radius 2 is 1.89 bits per heavy atom. The lowest BCUT2D eigenvalue weighted by molar-refractivity contribution is -0.121. The molecule has 0 aromatic rings. The molecule has 18 heavy (non-hydrogen) atoms. The second kappa shape index (κ2) is 14.4. The lowest BCUT2D eigenvalue weighted by Gasteiger charge is -2.06. The molecule has 3 N–H and O–H groups in total. The van der Waals surface area contributed by atoms with Crippen molar-refractivity contribution in [2.75, 3.05) is 40.0 Å². The first-order valence-electron chi connectivity index (χ1n) is 6.84. The first kappa shape index (κ1) is 17.4. The molecule has 0 rings (SSSR count). The highest BCUT2D eigenvalue weighted by Crippen LogP contribution is 1.98. The molecule has 0 heterocycles. The molecule has 1 amide bonds. The van der Waals surface area contributed by atoms with Crippen LogP contribution in [0.3, 0.4) is 0 Å². The van der Waals surface area contributed by atoms with Gasteiger partial charge in [-0.15, -0.1) is 0 Å². The van der Waals surface area contributed by atoms with Crippen molar-refractivity contribution >= 4 is 5.91 Å². The molecule has 0 radical (unpaired) electrons. The van der Waals surface area contributed by atoms with E-state index in [0.717, 1.165) is 45.3 Å². The summed E-state index contributed by atoms with van der Waals surface area (Å²) in [6, 6.07) is 0. The summed E-state index contributed by atoms with van der Waals surface area (Å²) < 4.78 is 10.2. The van der Waals surface area contributed by atoms with Crippen molar-refractivity contribution in [2.24, 2.45) is 5.73 Å². The van der Waals surface area contributed by atoms with Crippen LogP contribution < -0.4 is 11.1 Å². The van der Waals surface area contributed by atoms with E-state index >= 15 is 0 Å². The molecule has 0 saturated carbocycles. The maximum atomic E-state index is 11.4. The van der Waals surface area contributed by atoms with Gasteiger partial charge in [0.15, 0.2) is 0 Å². The normalized spacial score (nSPS) is 10.6. The zero-order chi connectivity index (χ0) is 13.5. The quantitative estimate of drug-likeness (QED) is 0.486. The van der Waals surface area contributed by atoms with Crippen LogP contribution in [0.2, 0.25) is 0 Å². The minimum Gasteiger partial charge on any atom is -0.382 e. The van der Waals surface area contributed by atoms with Gasteiger partial charge in [0, 0.05) is 26.7 Å². The molecule has 0 unspecified atom stereocenters. The minimum absolute atomic E-state index is 0.146. The maximum absolute atomic E-state index is 11.4. The van der Waals surface area contributed by atoms with Crippen LogP contribution in [-0.2, 0) is 14.3 Å². The highest BCUT2D eigenvalue weighted by Gasteiger charge is 1.99. The van der Waals surface area contributed by atoms with Gasteiger partial charge in [-0.2, -0.15) is 0 Å². The first-order valence-corrected chi connectivity index (χ1v) is 6.84. The Labute approximate surface area is 110 Å². The van der Waals surface area contributed by atoms with E-state index in [1.165, 1.54) is 0 Å². The van der Waals surface area contributed by atoms with Gasteiger partial charge in [0.1, 0.15) is 0 Å². The Hall–Kier alpha value is -0.650. The van der Waals surface area contributed by atoms with E-state index in [0.29, 0.717) is 26.2 Å². The number of nitrogens with two attached hydrogens (primary N) is 1. The van der Waals surface area contributed by atoms with Crippen LogP contribution in [-0.4, -0.2) is 45.9 Å². The van der Waals surface area contributed by atoms with Crippen LogP contribution in [0, 0.1) is 0 Å². The van der Waals surface area contributed by atoms with Crippen molar-refractivity contribution < 1.29 is 14.3 Å². The third kappa shape index (κ3) is 13.4. The number of hydrogen-bond donors (Lipinski definition) is 2. The second-order valence-electron chi connectivity index (χ2n) is 4.26. The average molecular weight is 260 g/mol. The van der Waals surface area contributed by atoms with Gasteiger partial charge in [-0.25, -0.2) is 0 Å². The fourth-order valence-electron chi connectivity index (χ4n) is 1.50. The lowest BCUT2D eigenvalue weighted by atomic mass is 10.2. The summed E-state index contributed by atoms with van der Waals surface area (Å²) in [5, 5.41) is 2.91. The van der Waals surface area contributed by atoms with Crippen molar-refractivity contribution in [2.45, 2.75) is 38.5 Å². The van der Waals surface area contributed by atoms with Crippen LogP contribution >= 0.6 is 0 Å². The van der Waals surface area contributed by atoms with Crippen LogP contribution in [0.25, 0.3) is 0 Å². The Balaban J connectivity index is 3.10. The topological polar surface area (TPSA) is 73.6 Å². The molecule has 0 saturated heterocycles. The predicted octanol–water partition coefficient (Wildman–Crippen LogP) is 1.06. The van der Waals surface area contributed by atoms with Crippen LogP contribution in [0.5, 0.6) is 0 Å². The smallest absolute Gasteiger partial charge is 0.219 e. The number of rotatable bonds is 13. The average Bonchev–Trinajstić information content (AvgIpc) is 2.38. The number of carbonyl (C=O) groups is 1. The summed E-state index contributed by atoms with van der Waals surface area (Å²) >= 11 is 0. The highest BCUT2D eigenvalue weighted by atomic mass is 16.5. The molecular weight excluding hydrogens is 232 g/mol. The summed E-state index contributed by atoms with van der Waals surface area (Å²) in [7, 11) is 1.66. The van der Waals surface area contributed by atoms with E-state index in [1.54, 1.807) is 7.11 Å². The third-order valence-electron chi connectivity index (χ3n) is 2.58. The zero-order valence-corrected chi connectivity index (χ0v) is 11.6. The van der Waals surface area contributed by atoms with Crippen molar-refractivity contribution in [3.63, 3.8) is 0 Å². The molecule has 0 atom stereocenters. The molecule has 0 aromatic heterocycles. The van der Waals surface area contributed by atoms with Crippen molar-refractivity contribution in [1.29, 1.82) is 0 Å². The van der Waals surface area contributed by atoms with Gasteiger partial charge in [0.25, 0.3) is 0 Å². The van der Waals surface area contributed by atoms with Crippen LogP contribution in [0.15, 0.2) is 0 Å². The molecule has 0 spiro atoms. The first-order chi connectivity index (χ1) is 8.81. The third-order valence-corrected chi connectivity index (χ3v) is 2.58. The summed E-state index contributed by atoms with van der Waals surface area (Å²) in [6.45, 7) is 3.47. The minimum atomic E-state index is 0.146. The number of amides is 1. The van der Waals surface area contributed by atoms with E-state index in [-0.39, 0.29) is 5.91 Å². The van der Waals surface area contributed by atoms with Crippen molar-refractivity contribution in [3.05, 3.63) is 0 Å². The Morgan fingerprint density at radius 3 is 2.61 bits per heavy atom. The predicted molar refractivity (Wildman–Crippen MR) is 72.5 cm³/mol. The van der Waals surface area contributed by atoms with E-state index in [2.05, 4.69) is 5.32 Å². The van der Waals surface area contributed by atoms with Gasteiger partial charge in [-0.05, 0) is 32.2 Å². The van der Waals surface area contributed by atoms with Crippen molar-refractivity contribution in [1.82, 2.24) is 5.32 Å². The molecule has 108 valence electrons. The Kier molecular flexibility index (Phi) is 13.9. The second-order valence-corrected chi connectivity index (χ2v) is 4.26. The summed E-state index contributed by atoms with van der Waals surface area (Å²) in [5.41, 5.74) is 5.38. The standard InChI is InChI=1S/C13H28N2O3/c1-17-11-12-18-10-6-5-9-15-13(16)7-3-2-4-8-14/h2-12,14H2,1H3,(H,15,16). The Bertz CT molecular complexity index is 189. The molecule has 0 aliphatic rings. The summed E-state index contributed by atoms with van der Waals surface area (Å²) in [5.74, 6) is 0.146. The monoisotopic (exact) mass is 260 g/mol. The van der Waals surface area contributed by atoms with Crippen molar-refractivity contribution in [3.8, 4) is 0 Å². The van der Waals surface area contributed by atoms with Gasteiger partial charge >= 0.3 is 0 Å². The molecule has 0 bridgehead atoms. The molecule has 5 heteroatoms. The van der Waals surface area contributed by atoms with Crippen LogP contribution in [0.4, 0.5) is 0 Å². The number of methoxy groups -OCH3 is 1. The number of carbonyl (C=O) groups excluding carboxylic acids is 1. The molecule has 0 aliphatic heterocycles. The Morgan fingerprint density at radius 1 is 1.06 bits per heavy atom. The van der Waals surface area contributed by atoms with E-state index in [1.807, 2.05) is 0 Å². The fourth-order valence-corrected chi connectivity index (χ4v) is 1.50. The molecule has 0 aliphatic carbocycles.